The predicted octanol–water partition coefficient (Wildman–Crippen LogP) is 3.79. The van der Waals surface area contributed by atoms with Crippen LogP contribution < -0.4 is 4.31 Å². The number of anilines is 1. The van der Waals surface area contributed by atoms with Crippen molar-refractivity contribution in [2.24, 2.45) is 0 Å². The maximum atomic E-state index is 12.9. The summed E-state index contributed by atoms with van der Waals surface area (Å²) in [4.78, 5) is -1.13. The molecule has 0 saturated carbocycles. The van der Waals surface area contributed by atoms with Crippen LogP contribution in [0.2, 0.25) is 0 Å². The second-order valence-corrected chi connectivity index (χ2v) is 7.31. The lowest BCUT2D eigenvalue weighted by Gasteiger charge is -2.21. The third kappa shape index (κ3) is 4.03. The van der Waals surface area contributed by atoms with Crippen LogP contribution in [-0.2, 0) is 22.4 Å². The van der Waals surface area contributed by atoms with E-state index in [1.165, 1.54) is 12.4 Å². The molecule has 0 aliphatic heterocycles. The molecular weight excluding hydrogens is 396 g/mol. The maximum Gasteiger partial charge on any atom is 0.416 e. The average Bonchev–Trinajstić information content (AvgIpc) is 2.99. The van der Waals surface area contributed by atoms with Crippen molar-refractivity contribution in [2.45, 2.75) is 24.2 Å². The van der Waals surface area contributed by atoms with Crippen LogP contribution in [0.5, 0.6) is 0 Å². The van der Waals surface area contributed by atoms with E-state index < -0.39 is 38.4 Å². The minimum atomic E-state index is -5.15. The van der Waals surface area contributed by atoms with Crippen molar-refractivity contribution in [1.29, 1.82) is 0 Å². The van der Waals surface area contributed by atoms with Gasteiger partial charge in [-0.25, -0.2) is 12.7 Å². The Morgan fingerprint density at radius 1 is 1.04 bits per heavy atom. The zero-order valence-electron chi connectivity index (χ0n) is 12.3. The third-order valence-electron chi connectivity index (χ3n) is 3.00. The van der Waals surface area contributed by atoms with E-state index in [-0.39, 0.29) is 29.9 Å². The normalized spacial score (nSPS) is 13.1. The van der Waals surface area contributed by atoms with Crippen molar-refractivity contribution < 1.29 is 34.8 Å². The molecule has 0 aliphatic rings. The van der Waals surface area contributed by atoms with Gasteiger partial charge in [0.2, 0.25) is 5.13 Å². The lowest BCUT2D eigenvalue weighted by Crippen LogP contribution is -2.31. The molecule has 0 aliphatic carbocycles. The molecule has 2 aromatic rings. The van der Waals surface area contributed by atoms with Crippen LogP contribution in [-0.4, -0.2) is 25.2 Å². The summed E-state index contributed by atoms with van der Waals surface area (Å²) in [5.74, 6) is 0. The molecule has 2 rings (SSSR count). The van der Waals surface area contributed by atoms with Crippen molar-refractivity contribution in [2.75, 3.05) is 10.8 Å². The number of rotatable bonds is 4. The first-order valence-electron chi connectivity index (χ1n) is 6.45. The van der Waals surface area contributed by atoms with Gasteiger partial charge in [-0.05, 0) is 25.1 Å². The van der Waals surface area contributed by atoms with Gasteiger partial charge in [-0.3, -0.25) is 0 Å². The highest BCUT2D eigenvalue weighted by Crippen LogP contribution is 2.38. The first kappa shape index (κ1) is 19.4. The van der Waals surface area contributed by atoms with Gasteiger partial charge in [-0.1, -0.05) is 11.3 Å². The number of benzene rings is 1. The van der Waals surface area contributed by atoms with Crippen molar-refractivity contribution in [3.05, 3.63) is 34.8 Å². The van der Waals surface area contributed by atoms with E-state index in [2.05, 4.69) is 10.2 Å². The Morgan fingerprint density at radius 2 is 1.56 bits per heavy atom. The number of hydrogen-bond acceptors (Lipinski definition) is 5. The van der Waals surface area contributed by atoms with Gasteiger partial charge in [0.1, 0.15) is 5.51 Å². The Labute approximate surface area is 142 Å². The first-order valence-corrected chi connectivity index (χ1v) is 8.77. The van der Waals surface area contributed by atoms with Crippen LogP contribution in [0.1, 0.15) is 18.1 Å². The summed E-state index contributed by atoms with van der Waals surface area (Å²) in [6, 6.07) is 0.183. The van der Waals surface area contributed by atoms with Crippen molar-refractivity contribution in [3.63, 3.8) is 0 Å². The molecule has 138 valence electrons. The summed E-state index contributed by atoms with van der Waals surface area (Å²) in [6.45, 7) is 1.10. The summed E-state index contributed by atoms with van der Waals surface area (Å²) in [5, 5.41) is 6.73. The lowest BCUT2D eigenvalue weighted by atomic mass is 10.1. The van der Waals surface area contributed by atoms with Gasteiger partial charge in [0.25, 0.3) is 10.0 Å². The highest BCUT2D eigenvalue weighted by atomic mass is 32.2. The maximum absolute atomic E-state index is 12.9. The molecule has 1 aromatic heterocycles. The molecule has 0 amide bonds. The van der Waals surface area contributed by atoms with Gasteiger partial charge in [-0.15, -0.1) is 10.2 Å². The zero-order valence-corrected chi connectivity index (χ0v) is 13.9. The number of hydrogen-bond donors (Lipinski definition) is 0. The number of halogens is 6. The van der Waals surface area contributed by atoms with E-state index in [0.717, 1.165) is 11.3 Å². The van der Waals surface area contributed by atoms with Gasteiger partial charge < -0.3 is 0 Å². The second-order valence-electron chi connectivity index (χ2n) is 4.63. The van der Waals surface area contributed by atoms with E-state index in [9.17, 15) is 34.8 Å². The molecule has 13 heteroatoms. The summed E-state index contributed by atoms with van der Waals surface area (Å²) in [5.41, 5.74) is -2.25. The Bertz CT molecular complexity index is 814. The molecule has 25 heavy (non-hydrogen) atoms. The minimum Gasteiger partial charge on any atom is -0.240 e. The highest BCUT2D eigenvalue weighted by molar-refractivity contribution is 7.93. The summed E-state index contributed by atoms with van der Waals surface area (Å²) < 4.78 is 103. The van der Waals surface area contributed by atoms with Crippen LogP contribution >= 0.6 is 11.3 Å². The fourth-order valence-electron chi connectivity index (χ4n) is 1.89. The predicted molar refractivity (Wildman–Crippen MR) is 76.6 cm³/mol. The van der Waals surface area contributed by atoms with Crippen LogP contribution in [0, 0.1) is 0 Å². The van der Waals surface area contributed by atoms with Crippen molar-refractivity contribution in [3.8, 4) is 0 Å². The van der Waals surface area contributed by atoms with Crippen molar-refractivity contribution >= 4 is 26.5 Å². The van der Waals surface area contributed by atoms with E-state index in [1.807, 2.05) is 0 Å². The molecule has 1 heterocycles. The summed E-state index contributed by atoms with van der Waals surface area (Å²) in [6.07, 6.45) is -10.3. The van der Waals surface area contributed by atoms with Gasteiger partial charge in [0, 0.05) is 6.54 Å². The first-order chi connectivity index (χ1) is 11.4. The molecule has 0 saturated heterocycles. The van der Waals surface area contributed by atoms with Gasteiger partial charge in [0.05, 0.1) is 16.0 Å². The molecule has 5 nitrogen and oxygen atoms in total. The van der Waals surface area contributed by atoms with Crippen LogP contribution in [0.4, 0.5) is 31.5 Å². The number of sulfonamides is 1. The van der Waals surface area contributed by atoms with Gasteiger partial charge >= 0.3 is 12.4 Å². The average molecular weight is 405 g/mol. The van der Waals surface area contributed by atoms with Crippen LogP contribution in [0.25, 0.3) is 0 Å². The molecule has 0 unspecified atom stereocenters. The topological polar surface area (TPSA) is 63.2 Å². The standard InChI is InChI=1S/C12H9F6N3O2S2/c1-2-21(10-20-19-6-24-10)25(22,23)9-4-7(11(13,14)15)3-8(5-9)12(16,17)18/h3-6H,2H2,1H3. The molecule has 0 radical (unpaired) electrons. The third-order valence-corrected chi connectivity index (χ3v) is 5.67. The molecular formula is C12H9F6N3O2S2. The number of nitrogens with zero attached hydrogens (tertiary/aromatic N) is 3. The SMILES string of the molecule is CCN(c1nncs1)S(=O)(=O)c1cc(C(F)(F)F)cc(C(F)(F)F)c1. The summed E-state index contributed by atoms with van der Waals surface area (Å²) in [7, 11) is -4.70. The highest BCUT2D eigenvalue weighted by Gasteiger charge is 2.39. The Hall–Kier alpha value is -1.89. The number of alkyl halides is 6. The summed E-state index contributed by atoms with van der Waals surface area (Å²) >= 11 is 0.777. The van der Waals surface area contributed by atoms with E-state index >= 15 is 0 Å². The van der Waals surface area contributed by atoms with Crippen LogP contribution in [0.15, 0.2) is 28.6 Å². The van der Waals surface area contributed by atoms with Gasteiger partial charge in [0.15, 0.2) is 0 Å². The smallest absolute Gasteiger partial charge is 0.240 e. The van der Waals surface area contributed by atoms with Gasteiger partial charge in [-0.2, -0.15) is 26.3 Å². The molecule has 0 atom stereocenters. The van der Waals surface area contributed by atoms with E-state index in [0.29, 0.717) is 4.31 Å². The van der Waals surface area contributed by atoms with E-state index in [4.69, 9.17) is 0 Å². The zero-order chi connectivity index (χ0) is 19.0. The monoisotopic (exact) mass is 405 g/mol. The number of aromatic nitrogens is 2. The fraction of sp³-hybridized carbons (Fsp3) is 0.333. The van der Waals surface area contributed by atoms with E-state index in [1.54, 1.807) is 0 Å². The van der Waals surface area contributed by atoms with Crippen molar-refractivity contribution in [1.82, 2.24) is 10.2 Å². The Kier molecular flexibility index (Phi) is 5.01. The Balaban J connectivity index is 2.68. The largest absolute Gasteiger partial charge is 0.416 e. The molecule has 0 fully saturated rings. The molecule has 0 bridgehead atoms. The molecule has 0 spiro atoms. The minimum absolute atomic E-state index is 0.139. The fourth-order valence-corrected chi connectivity index (χ4v) is 4.23. The lowest BCUT2D eigenvalue weighted by molar-refractivity contribution is -0.143. The Morgan fingerprint density at radius 3 is 1.92 bits per heavy atom. The second kappa shape index (κ2) is 6.44. The van der Waals surface area contributed by atoms with Crippen LogP contribution in [0.3, 0.4) is 0 Å². The molecule has 0 N–H and O–H groups in total. The molecule has 1 aromatic carbocycles. The quantitative estimate of drug-likeness (QED) is 0.727.